The van der Waals surface area contributed by atoms with E-state index in [4.69, 9.17) is 18.3 Å². The highest BCUT2D eigenvalue weighted by molar-refractivity contribution is 5.68. The average molecular weight is 126 g/mol. The molecule has 0 spiro atoms. The number of carboxylic acids is 1. The molecule has 9 heavy (non-hydrogen) atoms. The van der Waals surface area contributed by atoms with Crippen LogP contribution in [0, 0.1) is 13.2 Å². The Morgan fingerprint density at radius 3 is 2.67 bits per heavy atom. The van der Waals surface area contributed by atoms with E-state index in [2.05, 4.69) is 4.74 Å². The van der Waals surface area contributed by atoms with E-state index < -0.39 is 12.6 Å². The molecule has 0 aliphatic carbocycles. The summed E-state index contributed by atoms with van der Waals surface area (Å²) in [4.78, 5) is 9.77. The molecule has 0 bridgehead atoms. The van der Waals surface area contributed by atoms with Gasteiger partial charge in [0.25, 0.3) is 0 Å². The van der Waals surface area contributed by atoms with Gasteiger partial charge >= 0.3 is 5.97 Å². The molecule has 2 radical (unpaired) electrons. The van der Waals surface area contributed by atoms with Crippen LogP contribution in [0.2, 0.25) is 0 Å². The highest BCUT2D eigenvalue weighted by Crippen LogP contribution is 1.90. The SMILES string of the molecule is [CH]=CC(=[CH])OCC(=O)O. The van der Waals surface area contributed by atoms with E-state index in [0.29, 0.717) is 0 Å². The van der Waals surface area contributed by atoms with E-state index in [1.807, 2.05) is 0 Å². The van der Waals surface area contributed by atoms with Gasteiger partial charge in [-0.05, 0) is 12.7 Å². The fourth-order valence-corrected chi connectivity index (χ4v) is 0.193. The minimum Gasteiger partial charge on any atom is -0.482 e. The molecule has 0 amide bonds. The summed E-state index contributed by atoms with van der Waals surface area (Å²) in [5.41, 5.74) is 0. The molecule has 0 saturated heterocycles. The molecule has 0 aliphatic rings. The summed E-state index contributed by atoms with van der Waals surface area (Å²) in [6, 6.07) is 0. The molecule has 0 saturated carbocycles. The van der Waals surface area contributed by atoms with Gasteiger partial charge in [-0.3, -0.25) is 0 Å². The number of hydrogen-bond donors (Lipinski definition) is 1. The number of ether oxygens (including phenoxy) is 1. The lowest BCUT2D eigenvalue weighted by Gasteiger charge is -1.98. The van der Waals surface area contributed by atoms with Gasteiger partial charge in [0.05, 0.1) is 0 Å². The van der Waals surface area contributed by atoms with Crippen LogP contribution in [-0.4, -0.2) is 17.7 Å². The molecule has 0 fully saturated rings. The van der Waals surface area contributed by atoms with Gasteiger partial charge < -0.3 is 9.84 Å². The van der Waals surface area contributed by atoms with Crippen molar-refractivity contribution in [2.45, 2.75) is 0 Å². The Balaban J connectivity index is 3.39. The Morgan fingerprint density at radius 1 is 1.78 bits per heavy atom. The maximum atomic E-state index is 9.77. The Labute approximate surface area is 53.3 Å². The highest BCUT2D eigenvalue weighted by atomic mass is 16.5. The molecular formula is C6H6O3. The summed E-state index contributed by atoms with van der Waals surface area (Å²) in [5, 5.41) is 8.01. The third kappa shape index (κ3) is 4.61. The number of aliphatic carboxylic acids is 1. The molecule has 0 aliphatic heterocycles. The third-order valence-electron chi connectivity index (χ3n) is 0.527. The molecular weight excluding hydrogens is 120 g/mol. The predicted molar refractivity (Wildman–Crippen MR) is 30.3 cm³/mol. The topological polar surface area (TPSA) is 46.5 Å². The van der Waals surface area contributed by atoms with E-state index in [1.54, 1.807) is 0 Å². The van der Waals surface area contributed by atoms with Gasteiger partial charge in [0.1, 0.15) is 5.76 Å². The predicted octanol–water partition coefficient (Wildman–Crippen LogP) is 0.394. The molecule has 3 heteroatoms. The van der Waals surface area contributed by atoms with E-state index in [9.17, 15) is 4.79 Å². The number of allylic oxidation sites excluding steroid dienone is 1. The summed E-state index contributed by atoms with van der Waals surface area (Å²) in [6.07, 6.45) is 0.989. The number of hydrogen-bond acceptors (Lipinski definition) is 2. The van der Waals surface area contributed by atoms with Crippen LogP contribution >= 0.6 is 0 Å². The van der Waals surface area contributed by atoms with Gasteiger partial charge in [0.2, 0.25) is 0 Å². The van der Waals surface area contributed by atoms with Gasteiger partial charge in [-0.15, -0.1) is 0 Å². The van der Waals surface area contributed by atoms with Crippen LogP contribution in [0.5, 0.6) is 0 Å². The lowest BCUT2D eigenvalue weighted by Crippen LogP contribution is -2.05. The van der Waals surface area contributed by atoms with Crippen LogP contribution in [0.1, 0.15) is 0 Å². The van der Waals surface area contributed by atoms with E-state index in [0.717, 1.165) is 6.08 Å². The Kier molecular flexibility index (Phi) is 3.20. The Bertz CT molecular complexity index is 137. The zero-order valence-electron chi connectivity index (χ0n) is 4.70. The molecule has 3 nitrogen and oxygen atoms in total. The first-order chi connectivity index (χ1) is 4.16. The molecule has 0 heterocycles. The smallest absolute Gasteiger partial charge is 0.341 e. The first-order valence-corrected chi connectivity index (χ1v) is 2.18. The van der Waals surface area contributed by atoms with Crippen molar-refractivity contribution >= 4 is 5.97 Å². The Morgan fingerprint density at radius 2 is 2.33 bits per heavy atom. The molecule has 0 aromatic rings. The van der Waals surface area contributed by atoms with Crippen molar-refractivity contribution in [1.82, 2.24) is 0 Å². The average Bonchev–Trinajstić information content (AvgIpc) is 1.83. The number of carbonyl (C=O) groups is 1. The quantitative estimate of drug-likeness (QED) is 0.438. The van der Waals surface area contributed by atoms with Crippen molar-refractivity contribution < 1.29 is 14.6 Å². The molecule has 0 rings (SSSR count). The molecule has 0 aromatic heterocycles. The van der Waals surface area contributed by atoms with E-state index >= 15 is 0 Å². The largest absolute Gasteiger partial charge is 0.482 e. The van der Waals surface area contributed by atoms with Crippen LogP contribution in [0.15, 0.2) is 11.8 Å². The molecule has 0 aromatic carbocycles. The van der Waals surface area contributed by atoms with Crippen molar-refractivity contribution in [3.8, 4) is 0 Å². The lowest BCUT2D eigenvalue weighted by atomic mass is 10.5. The fraction of sp³-hybridized carbons (Fsp3) is 0.167. The fourth-order valence-electron chi connectivity index (χ4n) is 0.193. The van der Waals surface area contributed by atoms with Crippen LogP contribution < -0.4 is 0 Å². The van der Waals surface area contributed by atoms with Crippen molar-refractivity contribution in [3.63, 3.8) is 0 Å². The second-order valence-corrected chi connectivity index (χ2v) is 1.25. The summed E-state index contributed by atoms with van der Waals surface area (Å²) in [6.45, 7) is 9.37. The van der Waals surface area contributed by atoms with Crippen LogP contribution in [-0.2, 0) is 9.53 Å². The first-order valence-electron chi connectivity index (χ1n) is 2.18. The molecule has 48 valence electrons. The molecule has 0 unspecified atom stereocenters. The van der Waals surface area contributed by atoms with Gasteiger partial charge in [0.15, 0.2) is 6.61 Å². The van der Waals surface area contributed by atoms with Gasteiger partial charge in [-0.25, -0.2) is 4.79 Å². The van der Waals surface area contributed by atoms with E-state index in [-0.39, 0.29) is 5.76 Å². The number of rotatable bonds is 4. The number of carboxylic acid groups (broad SMARTS) is 1. The van der Waals surface area contributed by atoms with Gasteiger partial charge in [0, 0.05) is 0 Å². The zero-order valence-corrected chi connectivity index (χ0v) is 4.70. The van der Waals surface area contributed by atoms with Crippen molar-refractivity contribution in [2.75, 3.05) is 6.61 Å². The van der Waals surface area contributed by atoms with E-state index in [1.165, 1.54) is 0 Å². The zero-order chi connectivity index (χ0) is 7.28. The second kappa shape index (κ2) is 3.72. The maximum absolute atomic E-state index is 9.77. The van der Waals surface area contributed by atoms with Crippen LogP contribution in [0.25, 0.3) is 0 Å². The van der Waals surface area contributed by atoms with Crippen LogP contribution in [0.3, 0.4) is 0 Å². The standard InChI is InChI=1S/C6H6O3/c1-3-5(2)9-4-6(7)8/h1-3H,4H2,(H,7,8). The third-order valence-corrected chi connectivity index (χ3v) is 0.527. The van der Waals surface area contributed by atoms with Crippen molar-refractivity contribution in [3.05, 3.63) is 25.0 Å². The first kappa shape index (κ1) is 7.75. The van der Waals surface area contributed by atoms with Crippen molar-refractivity contribution in [2.24, 2.45) is 0 Å². The lowest BCUT2D eigenvalue weighted by molar-refractivity contribution is -0.140. The molecule has 0 atom stereocenters. The van der Waals surface area contributed by atoms with Crippen LogP contribution in [0.4, 0.5) is 0 Å². The minimum atomic E-state index is -1.08. The second-order valence-electron chi connectivity index (χ2n) is 1.25. The summed E-state index contributed by atoms with van der Waals surface area (Å²) in [7, 11) is 0. The molecule has 1 N–H and O–H groups in total. The summed E-state index contributed by atoms with van der Waals surface area (Å²) in [5.74, 6) is -1.17. The van der Waals surface area contributed by atoms with Crippen molar-refractivity contribution in [1.29, 1.82) is 0 Å². The summed E-state index contributed by atoms with van der Waals surface area (Å²) >= 11 is 0. The highest BCUT2D eigenvalue weighted by Gasteiger charge is 1.95. The maximum Gasteiger partial charge on any atom is 0.341 e. The van der Waals surface area contributed by atoms with Gasteiger partial charge in [-0.2, -0.15) is 0 Å². The van der Waals surface area contributed by atoms with Gasteiger partial charge in [-0.1, -0.05) is 6.58 Å². The summed E-state index contributed by atoms with van der Waals surface area (Å²) < 4.78 is 4.37. The normalized spacial score (nSPS) is 8.00. The monoisotopic (exact) mass is 126 g/mol. The minimum absolute atomic E-state index is 0.0857. The Hall–Kier alpha value is -1.25.